The normalized spacial score (nSPS) is 14.4. The molecule has 1 N–H and O–H groups in total. The van der Waals surface area contributed by atoms with Crippen LogP contribution in [0.25, 0.3) is 5.69 Å². The number of hydrogen-bond acceptors (Lipinski definition) is 2. The molecule has 3 rings (SSSR count). The van der Waals surface area contributed by atoms with Gasteiger partial charge in [0.15, 0.2) is 0 Å². The van der Waals surface area contributed by atoms with Crippen LogP contribution in [-0.2, 0) is 0 Å². The summed E-state index contributed by atoms with van der Waals surface area (Å²) in [5.41, 5.74) is 3.26. The predicted octanol–water partition coefficient (Wildman–Crippen LogP) is 3.85. The van der Waals surface area contributed by atoms with Crippen LogP contribution in [0.4, 0.5) is 0 Å². The number of carbonyl (C=O) groups excluding carboxylic acids is 1. The van der Waals surface area contributed by atoms with Gasteiger partial charge >= 0.3 is 0 Å². The van der Waals surface area contributed by atoms with Crippen LogP contribution >= 0.6 is 11.6 Å². The molecule has 1 aromatic carbocycles. The summed E-state index contributed by atoms with van der Waals surface area (Å²) in [6, 6.07) is 7.67. The molecule has 0 spiro atoms. The summed E-state index contributed by atoms with van der Waals surface area (Å²) in [5.74, 6) is 0.350. The van der Waals surface area contributed by atoms with Gasteiger partial charge in [0, 0.05) is 12.0 Å². The maximum absolute atomic E-state index is 12.6. The highest BCUT2D eigenvalue weighted by Gasteiger charge is 2.34. The van der Waals surface area contributed by atoms with Crippen molar-refractivity contribution in [2.75, 3.05) is 0 Å². The van der Waals surface area contributed by atoms with Gasteiger partial charge in [-0.3, -0.25) is 4.79 Å². The van der Waals surface area contributed by atoms with Crippen LogP contribution in [0.2, 0.25) is 5.02 Å². The molecule has 4 nitrogen and oxygen atoms in total. The van der Waals surface area contributed by atoms with Gasteiger partial charge < -0.3 is 5.32 Å². The van der Waals surface area contributed by atoms with Gasteiger partial charge in [0.2, 0.25) is 0 Å². The second-order valence-electron chi connectivity index (χ2n) is 6.11. The second-order valence-corrected chi connectivity index (χ2v) is 6.52. The van der Waals surface area contributed by atoms with Crippen molar-refractivity contribution in [3.05, 3.63) is 46.2 Å². The number of benzene rings is 1. The van der Waals surface area contributed by atoms with Crippen molar-refractivity contribution < 1.29 is 4.79 Å². The first-order valence-electron chi connectivity index (χ1n) is 7.64. The molecule has 1 aliphatic carbocycles. The molecule has 2 aromatic rings. The minimum Gasteiger partial charge on any atom is -0.350 e. The standard InChI is InChI=1S/C17H20ClN3O/c1-10(2)19-17(22)15-11(3)21(20-16(15)12-8-9-12)14-7-5-4-6-13(14)18/h4-7,10,12H,8-9H2,1-3H3,(H,19,22). The van der Waals surface area contributed by atoms with E-state index in [-0.39, 0.29) is 11.9 Å². The van der Waals surface area contributed by atoms with Gasteiger partial charge in [-0.05, 0) is 45.7 Å². The zero-order chi connectivity index (χ0) is 15.9. The van der Waals surface area contributed by atoms with Crippen molar-refractivity contribution in [3.8, 4) is 5.69 Å². The zero-order valence-electron chi connectivity index (χ0n) is 13.1. The van der Waals surface area contributed by atoms with E-state index in [4.69, 9.17) is 16.7 Å². The highest BCUT2D eigenvalue weighted by atomic mass is 35.5. The summed E-state index contributed by atoms with van der Waals surface area (Å²) < 4.78 is 1.80. The Morgan fingerprint density at radius 1 is 1.36 bits per heavy atom. The maximum Gasteiger partial charge on any atom is 0.255 e. The molecule has 0 saturated heterocycles. The van der Waals surface area contributed by atoms with E-state index >= 15 is 0 Å². The highest BCUT2D eigenvalue weighted by Crippen LogP contribution is 2.42. The smallest absolute Gasteiger partial charge is 0.255 e. The molecule has 116 valence electrons. The molecule has 1 heterocycles. The van der Waals surface area contributed by atoms with Crippen molar-refractivity contribution in [2.45, 2.75) is 45.6 Å². The minimum atomic E-state index is -0.0484. The molecular formula is C17H20ClN3O. The molecule has 1 fully saturated rings. The number of halogens is 1. The summed E-state index contributed by atoms with van der Waals surface area (Å²) in [6.07, 6.45) is 2.20. The van der Waals surface area contributed by atoms with Gasteiger partial charge in [0.1, 0.15) is 0 Å². The van der Waals surface area contributed by atoms with Crippen LogP contribution in [0.1, 0.15) is 54.4 Å². The lowest BCUT2D eigenvalue weighted by atomic mass is 10.1. The number of aromatic nitrogens is 2. The van der Waals surface area contributed by atoms with E-state index in [9.17, 15) is 4.79 Å². The predicted molar refractivity (Wildman–Crippen MR) is 87.9 cm³/mol. The van der Waals surface area contributed by atoms with Gasteiger partial charge in [-0.1, -0.05) is 23.7 Å². The molecule has 22 heavy (non-hydrogen) atoms. The Morgan fingerprint density at radius 3 is 2.64 bits per heavy atom. The van der Waals surface area contributed by atoms with Crippen LogP contribution in [-0.4, -0.2) is 21.7 Å². The first-order chi connectivity index (χ1) is 10.5. The SMILES string of the molecule is Cc1c(C(=O)NC(C)C)c(C2CC2)nn1-c1ccccc1Cl. The third-order valence-corrected chi connectivity index (χ3v) is 4.15. The molecule has 1 amide bonds. The number of rotatable bonds is 4. The number of carbonyl (C=O) groups is 1. The zero-order valence-corrected chi connectivity index (χ0v) is 13.8. The van der Waals surface area contributed by atoms with Crippen molar-refractivity contribution in [2.24, 2.45) is 0 Å². The van der Waals surface area contributed by atoms with E-state index in [1.165, 1.54) is 0 Å². The number of amides is 1. The third kappa shape index (κ3) is 2.75. The molecule has 1 saturated carbocycles. The van der Waals surface area contributed by atoms with E-state index < -0.39 is 0 Å². The minimum absolute atomic E-state index is 0.0484. The fourth-order valence-corrected chi connectivity index (χ4v) is 2.86. The molecular weight excluding hydrogens is 298 g/mol. The number of nitrogens with zero attached hydrogens (tertiary/aromatic N) is 2. The molecule has 0 atom stereocenters. The molecule has 1 aromatic heterocycles. The fraction of sp³-hybridized carbons (Fsp3) is 0.412. The molecule has 0 unspecified atom stereocenters. The fourth-order valence-electron chi connectivity index (χ4n) is 2.64. The van der Waals surface area contributed by atoms with E-state index in [1.807, 2.05) is 45.0 Å². The first-order valence-corrected chi connectivity index (χ1v) is 8.02. The molecule has 5 heteroatoms. The van der Waals surface area contributed by atoms with Gasteiger partial charge in [0.25, 0.3) is 5.91 Å². The maximum atomic E-state index is 12.6. The van der Waals surface area contributed by atoms with Crippen LogP contribution in [0.3, 0.4) is 0 Å². The Labute approximate surface area is 135 Å². The van der Waals surface area contributed by atoms with Gasteiger partial charge in [-0.15, -0.1) is 0 Å². The molecule has 0 radical (unpaired) electrons. The summed E-state index contributed by atoms with van der Waals surface area (Å²) in [7, 11) is 0. The van der Waals surface area contributed by atoms with E-state index in [0.717, 1.165) is 29.9 Å². The highest BCUT2D eigenvalue weighted by molar-refractivity contribution is 6.32. The average Bonchev–Trinajstić information content (AvgIpc) is 3.23. The van der Waals surface area contributed by atoms with Crippen molar-refractivity contribution in [1.82, 2.24) is 15.1 Å². The summed E-state index contributed by atoms with van der Waals surface area (Å²) in [4.78, 5) is 12.6. The Morgan fingerprint density at radius 2 is 2.05 bits per heavy atom. The lowest BCUT2D eigenvalue weighted by Gasteiger charge is -2.10. The number of hydrogen-bond donors (Lipinski definition) is 1. The topological polar surface area (TPSA) is 46.9 Å². The van der Waals surface area contributed by atoms with Crippen molar-refractivity contribution in [3.63, 3.8) is 0 Å². The quantitative estimate of drug-likeness (QED) is 0.931. The summed E-state index contributed by atoms with van der Waals surface area (Å²) in [5, 5.41) is 8.31. The lowest BCUT2D eigenvalue weighted by Crippen LogP contribution is -2.31. The Bertz CT molecular complexity index is 717. The van der Waals surface area contributed by atoms with E-state index in [2.05, 4.69) is 5.32 Å². The molecule has 1 aliphatic rings. The number of nitrogens with one attached hydrogen (secondary N) is 1. The van der Waals surface area contributed by atoms with Crippen LogP contribution < -0.4 is 5.32 Å². The Balaban J connectivity index is 2.10. The van der Waals surface area contributed by atoms with E-state index in [1.54, 1.807) is 4.68 Å². The first kappa shape index (κ1) is 15.1. The van der Waals surface area contributed by atoms with Gasteiger partial charge in [0.05, 0.1) is 27.7 Å². The third-order valence-electron chi connectivity index (χ3n) is 3.83. The summed E-state index contributed by atoms with van der Waals surface area (Å²) >= 11 is 6.29. The monoisotopic (exact) mass is 317 g/mol. The Kier molecular flexibility index (Phi) is 3.96. The van der Waals surface area contributed by atoms with Crippen molar-refractivity contribution >= 4 is 17.5 Å². The summed E-state index contributed by atoms with van der Waals surface area (Å²) in [6.45, 7) is 5.85. The van der Waals surface area contributed by atoms with Crippen LogP contribution in [0, 0.1) is 6.92 Å². The Hall–Kier alpha value is -1.81. The largest absolute Gasteiger partial charge is 0.350 e. The van der Waals surface area contributed by atoms with Crippen LogP contribution in [0.15, 0.2) is 24.3 Å². The van der Waals surface area contributed by atoms with Crippen molar-refractivity contribution in [1.29, 1.82) is 0 Å². The van der Waals surface area contributed by atoms with Gasteiger partial charge in [-0.25, -0.2) is 4.68 Å². The van der Waals surface area contributed by atoms with Crippen LogP contribution in [0.5, 0.6) is 0 Å². The van der Waals surface area contributed by atoms with E-state index in [0.29, 0.717) is 16.5 Å². The lowest BCUT2D eigenvalue weighted by molar-refractivity contribution is 0.0941. The second kappa shape index (κ2) is 5.76. The molecule has 0 bridgehead atoms. The average molecular weight is 318 g/mol. The number of para-hydroxylation sites is 1. The molecule has 0 aliphatic heterocycles. The van der Waals surface area contributed by atoms with Gasteiger partial charge in [-0.2, -0.15) is 5.10 Å².